The van der Waals surface area contributed by atoms with E-state index in [0.717, 1.165) is 19.1 Å². The third-order valence-corrected chi connectivity index (χ3v) is 4.12. The second-order valence-corrected chi connectivity index (χ2v) is 6.63. The first-order valence-electron chi connectivity index (χ1n) is 8.81. The summed E-state index contributed by atoms with van der Waals surface area (Å²) in [6.45, 7) is 4.32. The topological polar surface area (TPSA) is 77.0 Å². The van der Waals surface area contributed by atoms with Crippen molar-refractivity contribution in [2.75, 3.05) is 40.0 Å². The van der Waals surface area contributed by atoms with Gasteiger partial charge < -0.3 is 24.8 Å². The predicted octanol–water partition coefficient (Wildman–Crippen LogP) is 2.49. The molecule has 2 rings (SSSR count). The average Bonchev–Trinajstić information content (AvgIpc) is 3.16. The van der Waals surface area contributed by atoms with Crippen molar-refractivity contribution in [3.8, 4) is 5.88 Å². The van der Waals surface area contributed by atoms with Crippen molar-refractivity contribution in [1.82, 2.24) is 15.6 Å². The van der Waals surface area contributed by atoms with E-state index in [9.17, 15) is 13.2 Å². The van der Waals surface area contributed by atoms with E-state index in [1.165, 1.54) is 0 Å². The minimum absolute atomic E-state index is 0.0266. The highest BCUT2D eigenvalue weighted by Crippen LogP contribution is 2.32. The lowest BCUT2D eigenvalue weighted by Crippen LogP contribution is -2.45. The summed E-state index contributed by atoms with van der Waals surface area (Å²) in [5.74, 6) is 0.494. The van der Waals surface area contributed by atoms with Crippen LogP contribution in [0.4, 0.5) is 13.2 Å². The summed E-state index contributed by atoms with van der Waals surface area (Å²) in [5.41, 5.74) is -0.923. The van der Waals surface area contributed by atoms with Crippen LogP contribution in [0.1, 0.15) is 18.9 Å². The maximum absolute atomic E-state index is 12.6. The summed E-state index contributed by atoms with van der Waals surface area (Å²) in [7, 11) is 1.63. The van der Waals surface area contributed by atoms with E-state index < -0.39 is 11.7 Å². The fraction of sp³-hybridized carbons (Fsp3) is 0.647. The van der Waals surface area contributed by atoms with Crippen LogP contribution < -0.4 is 15.4 Å². The number of aliphatic imine (C=N–C) groups is 1. The van der Waals surface area contributed by atoms with Crippen molar-refractivity contribution in [3.05, 3.63) is 22.8 Å². The Labute approximate surface area is 166 Å². The standard InChI is InChI=1S/C17H24ClF3N4O3/c1-11(9-28-13-3-5-26-10-13)25-16(22-2)23-4-6-27-15-14(18)7-12(8-24-15)17(19,20)21/h7-8,11,13H,3-6,9-10H2,1-2H3,(H2,22,23,25). The molecule has 2 unspecified atom stereocenters. The van der Waals surface area contributed by atoms with Gasteiger partial charge in [-0.3, -0.25) is 4.99 Å². The largest absolute Gasteiger partial charge is 0.475 e. The van der Waals surface area contributed by atoms with Crippen molar-refractivity contribution in [2.45, 2.75) is 31.7 Å². The fourth-order valence-corrected chi connectivity index (χ4v) is 2.62. The molecule has 1 aromatic heterocycles. The highest BCUT2D eigenvalue weighted by atomic mass is 35.5. The summed E-state index contributed by atoms with van der Waals surface area (Å²) < 4.78 is 54.1. The first-order chi connectivity index (χ1) is 13.3. The van der Waals surface area contributed by atoms with E-state index in [-0.39, 0.29) is 29.7 Å². The molecule has 2 heterocycles. The smallest absolute Gasteiger partial charge is 0.417 e. The predicted molar refractivity (Wildman–Crippen MR) is 98.9 cm³/mol. The Morgan fingerprint density at radius 2 is 2.29 bits per heavy atom. The molecule has 7 nitrogen and oxygen atoms in total. The quantitative estimate of drug-likeness (QED) is 0.379. The molecular formula is C17H24ClF3N4O3. The number of rotatable bonds is 8. The number of guanidine groups is 1. The third kappa shape index (κ3) is 7.33. The van der Waals surface area contributed by atoms with Crippen molar-refractivity contribution in [1.29, 1.82) is 0 Å². The second-order valence-electron chi connectivity index (χ2n) is 6.22. The number of aromatic nitrogens is 1. The minimum atomic E-state index is -4.50. The van der Waals surface area contributed by atoms with Crippen molar-refractivity contribution < 1.29 is 27.4 Å². The maximum atomic E-state index is 12.6. The number of alkyl halides is 3. The van der Waals surface area contributed by atoms with Crippen LogP contribution >= 0.6 is 11.6 Å². The van der Waals surface area contributed by atoms with Gasteiger partial charge in [-0.1, -0.05) is 11.6 Å². The first-order valence-corrected chi connectivity index (χ1v) is 9.19. The van der Waals surface area contributed by atoms with Crippen molar-refractivity contribution >= 4 is 17.6 Å². The second kappa shape index (κ2) is 10.7. The summed E-state index contributed by atoms with van der Waals surface area (Å²) in [6.07, 6.45) is -2.78. The lowest BCUT2D eigenvalue weighted by molar-refractivity contribution is -0.137. The molecule has 0 aliphatic carbocycles. The Bertz CT molecular complexity index is 655. The lowest BCUT2D eigenvalue weighted by atomic mass is 10.3. The normalized spacial score (nSPS) is 18.8. The van der Waals surface area contributed by atoms with E-state index in [4.69, 9.17) is 25.8 Å². The van der Waals surface area contributed by atoms with Crippen molar-refractivity contribution in [3.63, 3.8) is 0 Å². The van der Waals surface area contributed by atoms with Crippen LogP contribution in [0, 0.1) is 0 Å². The number of pyridine rings is 1. The molecule has 2 atom stereocenters. The monoisotopic (exact) mass is 424 g/mol. The van der Waals surface area contributed by atoms with Gasteiger partial charge in [0.05, 0.1) is 31.4 Å². The molecule has 1 aliphatic heterocycles. The summed E-state index contributed by atoms with van der Waals surface area (Å²) in [4.78, 5) is 7.72. The van der Waals surface area contributed by atoms with Crippen LogP contribution in [-0.2, 0) is 15.7 Å². The number of nitrogens with one attached hydrogen (secondary N) is 2. The summed E-state index contributed by atoms with van der Waals surface area (Å²) >= 11 is 5.79. The Morgan fingerprint density at radius 3 is 2.89 bits per heavy atom. The van der Waals surface area contributed by atoms with Crippen molar-refractivity contribution in [2.24, 2.45) is 4.99 Å². The number of ether oxygens (including phenoxy) is 3. The zero-order chi connectivity index (χ0) is 20.6. The van der Waals surface area contributed by atoms with Gasteiger partial charge in [0.2, 0.25) is 5.88 Å². The van der Waals surface area contributed by atoms with Gasteiger partial charge in [-0.25, -0.2) is 4.98 Å². The maximum Gasteiger partial charge on any atom is 0.417 e. The molecule has 158 valence electrons. The van der Waals surface area contributed by atoms with Crippen LogP contribution in [0.5, 0.6) is 5.88 Å². The molecule has 0 bridgehead atoms. The summed E-state index contributed by atoms with van der Waals surface area (Å²) in [5, 5.41) is 6.02. The van der Waals surface area contributed by atoms with E-state index in [1.54, 1.807) is 7.05 Å². The van der Waals surface area contributed by atoms with Crippen LogP contribution in [0.2, 0.25) is 5.02 Å². The zero-order valence-corrected chi connectivity index (χ0v) is 16.4. The SMILES string of the molecule is CN=C(NCCOc1ncc(C(F)(F)F)cc1Cl)NC(C)COC1CCOC1. The van der Waals surface area contributed by atoms with E-state index in [0.29, 0.717) is 31.9 Å². The molecule has 1 aliphatic rings. The van der Waals surface area contributed by atoms with Crippen LogP contribution in [-0.4, -0.2) is 63.1 Å². The molecule has 1 aromatic rings. The van der Waals surface area contributed by atoms with E-state index in [2.05, 4.69) is 20.6 Å². The van der Waals surface area contributed by atoms with Gasteiger partial charge in [0, 0.05) is 25.9 Å². The van der Waals surface area contributed by atoms with E-state index >= 15 is 0 Å². The highest BCUT2D eigenvalue weighted by molar-refractivity contribution is 6.31. The van der Waals surface area contributed by atoms with Gasteiger partial charge in [-0.15, -0.1) is 0 Å². The molecule has 0 spiro atoms. The van der Waals surface area contributed by atoms with Gasteiger partial charge in [0.25, 0.3) is 0 Å². The molecule has 2 N–H and O–H groups in total. The minimum Gasteiger partial charge on any atom is -0.475 e. The lowest BCUT2D eigenvalue weighted by Gasteiger charge is -2.19. The van der Waals surface area contributed by atoms with Gasteiger partial charge in [-0.2, -0.15) is 13.2 Å². The number of hydrogen-bond acceptors (Lipinski definition) is 5. The van der Waals surface area contributed by atoms with Gasteiger partial charge in [0.1, 0.15) is 11.6 Å². The molecule has 1 saturated heterocycles. The summed E-state index contributed by atoms with van der Waals surface area (Å²) in [6, 6.07) is 0.813. The Hall–Kier alpha value is -1.78. The number of hydrogen-bond donors (Lipinski definition) is 2. The Morgan fingerprint density at radius 1 is 1.50 bits per heavy atom. The molecule has 0 saturated carbocycles. The number of halogens is 4. The fourth-order valence-electron chi connectivity index (χ4n) is 2.40. The molecule has 28 heavy (non-hydrogen) atoms. The van der Waals surface area contributed by atoms with Gasteiger partial charge in [-0.05, 0) is 19.4 Å². The molecular weight excluding hydrogens is 401 g/mol. The molecule has 1 fully saturated rings. The number of nitrogens with zero attached hydrogens (tertiary/aromatic N) is 2. The third-order valence-electron chi connectivity index (χ3n) is 3.84. The first kappa shape index (κ1) is 22.5. The van der Waals surface area contributed by atoms with Gasteiger partial charge in [0.15, 0.2) is 5.96 Å². The molecule has 0 amide bonds. The molecule has 0 radical (unpaired) electrons. The zero-order valence-electron chi connectivity index (χ0n) is 15.7. The Kier molecular flexibility index (Phi) is 8.58. The molecule has 0 aromatic carbocycles. The van der Waals surface area contributed by atoms with Crippen LogP contribution in [0.15, 0.2) is 17.3 Å². The Balaban J connectivity index is 1.69. The van der Waals surface area contributed by atoms with Gasteiger partial charge >= 0.3 is 6.18 Å². The molecule has 11 heteroatoms. The van der Waals surface area contributed by atoms with Crippen LogP contribution in [0.3, 0.4) is 0 Å². The highest BCUT2D eigenvalue weighted by Gasteiger charge is 2.31. The van der Waals surface area contributed by atoms with E-state index in [1.807, 2.05) is 6.92 Å². The van der Waals surface area contributed by atoms with Crippen LogP contribution in [0.25, 0.3) is 0 Å². The average molecular weight is 425 g/mol.